The topological polar surface area (TPSA) is 81.4 Å². The lowest BCUT2D eigenvalue weighted by molar-refractivity contribution is 0.415. The van der Waals surface area contributed by atoms with Gasteiger partial charge >= 0.3 is 0 Å². The summed E-state index contributed by atoms with van der Waals surface area (Å²) in [6, 6.07) is 8.68. The maximum atomic E-state index is 12.3. The summed E-state index contributed by atoms with van der Waals surface area (Å²) in [4.78, 5) is -0.00730. The first kappa shape index (κ1) is 15.8. The largest absolute Gasteiger partial charge is 0.497 e. The lowest BCUT2D eigenvalue weighted by Crippen LogP contribution is -2.14. The van der Waals surface area contributed by atoms with E-state index in [1.807, 2.05) is 0 Å². The van der Waals surface area contributed by atoms with Crippen molar-refractivity contribution in [2.45, 2.75) is 4.90 Å². The van der Waals surface area contributed by atoms with E-state index in [4.69, 9.17) is 33.7 Å². The third kappa shape index (κ3) is 3.53. The van der Waals surface area contributed by atoms with Gasteiger partial charge in [0.25, 0.3) is 10.0 Å². The smallest absolute Gasteiger partial charge is 0.262 e. The van der Waals surface area contributed by atoms with E-state index in [0.717, 1.165) is 0 Å². The summed E-state index contributed by atoms with van der Waals surface area (Å²) in [6.45, 7) is 0. The van der Waals surface area contributed by atoms with Gasteiger partial charge in [0.2, 0.25) is 0 Å². The Morgan fingerprint density at radius 2 is 1.81 bits per heavy atom. The molecule has 112 valence electrons. The van der Waals surface area contributed by atoms with E-state index in [-0.39, 0.29) is 26.3 Å². The van der Waals surface area contributed by atoms with E-state index >= 15 is 0 Å². The molecule has 0 heterocycles. The third-order valence-corrected chi connectivity index (χ3v) is 4.81. The van der Waals surface area contributed by atoms with Crippen LogP contribution in [0.4, 0.5) is 11.4 Å². The first-order valence-electron chi connectivity index (χ1n) is 5.75. The highest BCUT2D eigenvalue weighted by Crippen LogP contribution is 2.29. The Balaban J connectivity index is 2.35. The molecule has 0 saturated heterocycles. The predicted octanol–water partition coefficient (Wildman–Crippen LogP) is 3.39. The van der Waals surface area contributed by atoms with Crippen molar-refractivity contribution < 1.29 is 13.2 Å². The van der Waals surface area contributed by atoms with Crippen molar-refractivity contribution in [1.82, 2.24) is 0 Å². The fourth-order valence-electron chi connectivity index (χ4n) is 1.61. The average Bonchev–Trinajstić information content (AvgIpc) is 2.43. The zero-order chi connectivity index (χ0) is 15.6. The van der Waals surface area contributed by atoms with Crippen molar-refractivity contribution in [2.75, 3.05) is 17.6 Å². The molecule has 0 atom stereocenters. The van der Waals surface area contributed by atoms with Crippen LogP contribution < -0.4 is 15.2 Å². The van der Waals surface area contributed by atoms with E-state index in [0.29, 0.717) is 5.75 Å². The zero-order valence-electron chi connectivity index (χ0n) is 10.9. The van der Waals surface area contributed by atoms with Crippen LogP contribution in [-0.4, -0.2) is 15.5 Å². The second kappa shape index (κ2) is 6.01. The number of ether oxygens (including phenoxy) is 1. The molecular formula is C13H12Cl2N2O3S. The molecule has 2 aromatic rings. The van der Waals surface area contributed by atoms with Gasteiger partial charge in [0, 0.05) is 6.07 Å². The average molecular weight is 347 g/mol. The molecule has 0 radical (unpaired) electrons. The molecule has 2 rings (SSSR count). The van der Waals surface area contributed by atoms with Crippen LogP contribution in [0.2, 0.25) is 10.0 Å². The SMILES string of the molecule is COc1ccc(NS(=O)(=O)c2ccc(Cl)c(Cl)c2)c(N)c1. The zero-order valence-corrected chi connectivity index (χ0v) is 13.3. The van der Waals surface area contributed by atoms with Crippen molar-refractivity contribution in [1.29, 1.82) is 0 Å². The van der Waals surface area contributed by atoms with Crippen LogP contribution in [0.3, 0.4) is 0 Å². The van der Waals surface area contributed by atoms with Crippen LogP contribution in [-0.2, 0) is 10.0 Å². The first-order valence-corrected chi connectivity index (χ1v) is 7.99. The lowest BCUT2D eigenvalue weighted by Gasteiger charge is -2.12. The van der Waals surface area contributed by atoms with Crippen molar-refractivity contribution in [3.63, 3.8) is 0 Å². The minimum atomic E-state index is -3.81. The summed E-state index contributed by atoms with van der Waals surface area (Å²) in [7, 11) is -2.31. The van der Waals surface area contributed by atoms with Crippen LogP contribution in [0.1, 0.15) is 0 Å². The molecule has 2 aromatic carbocycles. The molecule has 0 fully saturated rings. The number of methoxy groups -OCH3 is 1. The van der Waals surface area contributed by atoms with Gasteiger partial charge in [-0.05, 0) is 30.3 Å². The number of nitrogens with two attached hydrogens (primary N) is 1. The summed E-state index contributed by atoms with van der Waals surface area (Å²) < 4.78 is 31.9. The highest BCUT2D eigenvalue weighted by Gasteiger charge is 2.17. The Bertz CT molecular complexity index is 779. The molecule has 21 heavy (non-hydrogen) atoms. The Hall–Kier alpha value is -1.63. The van der Waals surface area contributed by atoms with Gasteiger partial charge in [0.1, 0.15) is 5.75 Å². The van der Waals surface area contributed by atoms with Crippen LogP contribution in [0.15, 0.2) is 41.3 Å². The number of rotatable bonds is 4. The van der Waals surface area contributed by atoms with E-state index in [1.165, 1.54) is 37.4 Å². The highest BCUT2D eigenvalue weighted by atomic mass is 35.5. The van der Waals surface area contributed by atoms with E-state index in [2.05, 4.69) is 4.72 Å². The number of sulfonamides is 1. The lowest BCUT2D eigenvalue weighted by atomic mass is 10.2. The van der Waals surface area contributed by atoms with Gasteiger partial charge in [-0.25, -0.2) is 8.42 Å². The minimum absolute atomic E-state index is 0.00730. The highest BCUT2D eigenvalue weighted by molar-refractivity contribution is 7.92. The molecule has 0 aliphatic carbocycles. The molecule has 0 unspecified atom stereocenters. The number of halogens is 2. The Kier molecular flexibility index (Phi) is 4.51. The van der Waals surface area contributed by atoms with Gasteiger partial charge in [-0.15, -0.1) is 0 Å². The molecule has 0 aromatic heterocycles. The van der Waals surface area contributed by atoms with Crippen molar-refractivity contribution in [3.8, 4) is 5.75 Å². The summed E-state index contributed by atoms with van der Waals surface area (Å²) in [6.07, 6.45) is 0. The van der Waals surface area contributed by atoms with Gasteiger partial charge in [0.05, 0.1) is 33.4 Å². The van der Waals surface area contributed by atoms with E-state index in [9.17, 15) is 8.42 Å². The Labute approximate surface area is 132 Å². The molecule has 3 N–H and O–H groups in total. The Morgan fingerprint density at radius 3 is 2.38 bits per heavy atom. The fraction of sp³-hybridized carbons (Fsp3) is 0.0769. The van der Waals surface area contributed by atoms with Crippen molar-refractivity contribution in [2.24, 2.45) is 0 Å². The number of anilines is 2. The van der Waals surface area contributed by atoms with Crippen molar-refractivity contribution >= 4 is 44.6 Å². The van der Waals surface area contributed by atoms with E-state index in [1.54, 1.807) is 6.07 Å². The molecule has 0 spiro atoms. The minimum Gasteiger partial charge on any atom is -0.497 e. The maximum Gasteiger partial charge on any atom is 0.262 e. The summed E-state index contributed by atoms with van der Waals surface area (Å²) >= 11 is 11.6. The fourth-order valence-corrected chi connectivity index (χ4v) is 3.08. The molecular weight excluding hydrogens is 335 g/mol. The molecule has 5 nitrogen and oxygen atoms in total. The van der Waals surface area contributed by atoms with Crippen LogP contribution in [0.25, 0.3) is 0 Å². The normalized spacial score (nSPS) is 11.2. The van der Waals surface area contributed by atoms with Gasteiger partial charge < -0.3 is 10.5 Å². The number of nitrogen functional groups attached to an aromatic ring is 1. The first-order chi connectivity index (χ1) is 9.83. The summed E-state index contributed by atoms with van der Waals surface area (Å²) in [5, 5.41) is 0.432. The molecule has 8 heteroatoms. The number of hydrogen-bond donors (Lipinski definition) is 2. The van der Waals surface area contributed by atoms with Gasteiger partial charge in [-0.2, -0.15) is 0 Å². The van der Waals surface area contributed by atoms with Gasteiger partial charge in [-0.1, -0.05) is 23.2 Å². The van der Waals surface area contributed by atoms with Gasteiger partial charge in [0.15, 0.2) is 0 Å². The number of nitrogens with one attached hydrogen (secondary N) is 1. The maximum absolute atomic E-state index is 12.3. The quantitative estimate of drug-likeness (QED) is 0.831. The second-order valence-corrected chi connectivity index (χ2v) is 6.63. The second-order valence-electron chi connectivity index (χ2n) is 4.13. The van der Waals surface area contributed by atoms with Crippen LogP contribution in [0, 0.1) is 0 Å². The molecule has 0 aliphatic heterocycles. The summed E-state index contributed by atoms with van der Waals surface area (Å²) in [5.41, 5.74) is 6.28. The number of benzene rings is 2. The van der Waals surface area contributed by atoms with Crippen LogP contribution >= 0.6 is 23.2 Å². The van der Waals surface area contributed by atoms with Gasteiger partial charge in [-0.3, -0.25) is 4.72 Å². The monoisotopic (exact) mass is 346 g/mol. The molecule has 0 amide bonds. The number of hydrogen-bond acceptors (Lipinski definition) is 4. The molecule has 0 aliphatic rings. The van der Waals surface area contributed by atoms with E-state index < -0.39 is 10.0 Å². The van der Waals surface area contributed by atoms with Crippen LogP contribution in [0.5, 0.6) is 5.75 Å². The Morgan fingerprint density at radius 1 is 1.10 bits per heavy atom. The third-order valence-electron chi connectivity index (χ3n) is 2.70. The molecule has 0 bridgehead atoms. The summed E-state index contributed by atoms with van der Waals surface area (Å²) in [5.74, 6) is 0.532. The van der Waals surface area contributed by atoms with Crippen molar-refractivity contribution in [3.05, 3.63) is 46.4 Å². The molecule has 0 saturated carbocycles. The standard InChI is InChI=1S/C13H12Cl2N2O3S/c1-20-8-2-5-13(12(16)6-8)17-21(18,19)9-3-4-10(14)11(15)7-9/h2-7,17H,16H2,1H3. The predicted molar refractivity (Wildman–Crippen MR) is 84.7 cm³/mol.